The maximum atomic E-state index is 13.6. The van der Waals surface area contributed by atoms with E-state index in [1.54, 1.807) is 22.9 Å². The highest BCUT2D eigenvalue weighted by molar-refractivity contribution is 7.89. The molecule has 0 spiro atoms. The molecule has 10 nitrogen and oxygen atoms in total. The number of hydrogen-bond donors (Lipinski definition) is 0. The molecule has 0 saturated heterocycles. The third kappa shape index (κ3) is 3.33. The molecule has 0 amide bonds. The van der Waals surface area contributed by atoms with E-state index in [2.05, 4.69) is 24.0 Å². The summed E-state index contributed by atoms with van der Waals surface area (Å²) in [6, 6.07) is 12.8. The Bertz CT molecular complexity index is 1630. The molecule has 34 heavy (non-hydrogen) atoms. The summed E-state index contributed by atoms with van der Waals surface area (Å²) in [5, 5.41) is 13.0. The van der Waals surface area contributed by atoms with Crippen LogP contribution in [0, 0.1) is 6.92 Å². The number of sulfonamides is 1. The highest BCUT2D eigenvalue weighted by Gasteiger charge is 2.34. The molecule has 0 fully saturated rings. The van der Waals surface area contributed by atoms with E-state index in [9.17, 15) is 8.42 Å². The standard InChI is InChI=1S/C22H19N7O3S2/c1-13-6-8-14(9-7-13)21-23-24-22(32-21)19-15-12-29(11-10-17(15)28(2)25-19)34(30,31)18-5-3-4-16-20(18)27-33-26-16/h3-9H,10-12H2,1-2H3. The maximum Gasteiger partial charge on any atom is 0.268 e. The van der Waals surface area contributed by atoms with Gasteiger partial charge in [0.1, 0.15) is 15.9 Å². The van der Waals surface area contributed by atoms with Crippen LogP contribution in [-0.2, 0) is 30.0 Å². The molecule has 0 atom stereocenters. The molecular weight excluding hydrogens is 474 g/mol. The van der Waals surface area contributed by atoms with Gasteiger partial charge < -0.3 is 4.42 Å². The highest BCUT2D eigenvalue weighted by Crippen LogP contribution is 2.34. The second kappa shape index (κ2) is 7.79. The zero-order chi connectivity index (χ0) is 23.4. The number of aromatic nitrogens is 6. The van der Waals surface area contributed by atoms with Crippen LogP contribution in [0.4, 0.5) is 0 Å². The Morgan fingerprint density at radius 3 is 2.65 bits per heavy atom. The molecule has 2 aromatic carbocycles. The van der Waals surface area contributed by atoms with Crippen molar-refractivity contribution in [1.82, 2.24) is 33.0 Å². The van der Waals surface area contributed by atoms with E-state index in [1.807, 2.05) is 38.2 Å². The van der Waals surface area contributed by atoms with Crippen LogP contribution in [0.15, 0.2) is 51.8 Å². The van der Waals surface area contributed by atoms with Gasteiger partial charge in [0.15, 0.2) is 5.69 Å². The molecule has 0 aliphatic carbocycles. The molecule has 4 heterocycles. The number of benzene rings is 2. The first-order chi connectivity index (χ1) is 16.4. The Balaban J connectivity index is 1.37. The summed E-state index contributed by atoms with van der Waals surface area (Å²) < 4.78 is 44.7. The maximum absolute atomic E-state index is 13.6. The lowest BCUT2D eigenvalue weighted by atomic mass is 10.1. The summed E-state index contributed by atoms with van der Waals surface area (Å²) in [5.74, 6) is 0.648. The van der Waals surface area contributed by atoms with Gasteiger partial charge in [-0.15, -0.1) is 10.2 Å². The summed E-state index contributed by atoms with van der Waals surface area (Å²) >= 11 is 0.999. The second-order valence-corrected chi connectivity index (χ2v) is 10.6. The van der Waals surface area contributed by atoms with E-state index in [0.29, 0.717) is 35.6 Å². The van der Waals surface area contributed by atoms with Crippen LogP contribution in [0.5, 0.6) is 0 Å². The lowest BCUT2D eigenvalue weighted by Crippen LogP contribution is -2.36. The third-order valence-electron chi connectivity index (χ3n) is 6.00. The Kier molecular flexibility index (Phi) is 4.83. The monoisotopic (exact) mass is 493 g/mol. The molecule has 5 aromatic rings. The predicted octanol–water partition coefficient (Wildman–Crippen LogP) is 3.20. The van der Waals surface area contributed by atoms with E-state index in [0.717, 1.165) is 34.1 Å². The first kappa shape index (κ1) is 21.1. The molecule has 12 heteroatoms. The zero-order valence-corrected chi connectivity index (χ0v) is 20.0. The van der Waals surface area contributed by atoms with Crippen molar-refractivity contribution in [3.63, 3.8) is 0 Å². The largest absolute Gasteiger partial charge is 0.415 e. The van der Waals surface area contributed by atoms with Crippen LogP contribution in [0.1, 0.15) is 16.8 Å². The molecule has 172 valence electrons. The van der Waals surface area contributed by atoms with Gasteiger partial charge in [-0.2, -0.15) is 18.2 Å². The Morgan fingerprint density at radius 1 is 1.03 bits per heavy atom. The van der Waals surface area contributed by atoms with Crippen molar-refractivity contribution >= 4 is 32.8 Å². The molecular formula is C22H19N7O3S2. The summed E-state index contributed by atoms with van der Waals surface area (Å²) in [6.07, 6.45) is 0.516. The number of aryl methyl sites for hydroxylation is 2. The van der Waals surface area contributed by atoms with Gasteiger partial charge in [0.2, 0.25) is 15.9 Å². The number of fused-ring (bicyclic) bond motifs is 2. The topological polar surface area (TPSA) is 120 Å². The van der Waals surface area contributed by atoms with E-state index in [-0.39, 0.29) is 17.3 Å². The molecule has 0 bridgehead atoms. The Labute approximate surface area is 199 Å². The molecule has 1 aliphatic rings. The molecule has 3 aromatic heterocycles. The van der Waals surface area contributed by atoms with Gasteiger partial charge in [-0.05, 0) is 31.2 Å². The molecule has 1 aliphatic heterocycles. The fourth-order valence-electron chi connectivity index (χ4n) is 4.20. The lowest BCUT2D eigenvalue weighted by Gasteiger charge is -2.26. The average molecular weight is 494 g/mol. The van der Waals surface area contributed by atoms with Gasteiger partial charge in [0.25, 0.3) is 5.89 Å². The minimum absolute atomic E-state index is 0.150. The normalized spacial score (nSPS) is 14.5. The van der Waals surface area contributed by atoms with E-state index in [1.165, 1.54) is 4.31 Å². The van der Waals surface area contributed by atoms with Crippen LogP contribution in [0.3, 0.4) is 0 Å². The first-order valence-electron chi connectivity index (χ1n) is 10.6. The van der Waals surface area contributed by atoms with Gasteiger partial charge in [-0.25, -0.2) is 8.42 Å². The van der Waals surface area contributed by atoms with Gasteiger partial charge in [0.05, 0.1) is 11.7 Å². The number of nitrogens with zero attached hydrogens (tertiary/aromatic N) is 7. The fourth-order valence-corrected chi connectivity index (χ4v) is 6.37. The highest BCUT2D eigenvalue weighted by atomic mass is 32.2. The van der Waals surface area contributed by atoms with Crippen molar-refractivity contribution in [2.45, 2.75) is 24.8 Å². The minimum atomic E-state index is -3.80. The molecule has 0 N–H and O–H groups in total. The quantitative estimate of drug-likeness (QED) is 0.374. The predicted molar refractivity (Wildman–Crippen MR) is 125 cm³/mol. The van der Waals surface area contributed by atoms with Crippen LogP contribution >= 0.6 is 11.7 Å². The summed E-state index contributed by atoms with van der Waals surface area (Å²) in [6.45, 7) is 2.49. The molecule has 6 rings (SSSR count). The van der Waals surface area contributed by atoms with E-state index >= 15 is 0 Å². The minimum Gasteiger partial charge on any atom is -0.415 e. The van der Waals surface area contributed by atoms with Crippen LogP contribution < -0.4 is 0 Å². The molecule has 0 saturated carbocycles. The van der Waals surface area contributed by atoms with Gasteiger partial charge >= 0.3 is 0 Å². The Morgan fingerprint density at radius 2 is 1.82 bits per heavy atom. The van der Waals surface area contributed by atoms with Crippen molar-refractivity contribution in [3.05, 3.63) is 59.3 Å². The van der Waals surface area contributed by atoms with Gasteiger partial charge in [0, 0.05) is 43.4 Å². The van der Waals surface area contributed by atoms with Gasteiger partial charge in [-0.3, -0.25) is 4.68 Å². The van der Waals surface area contributed by atoms with Crippen molar-refractivity contribution in [3.8, 4) is 23.0 Å². The average Bonchev–Trinajstić information content (AvgIpc) is 3.58. The van der Waals surface area contributed by atoms with Crippen LogP contribution in [0.25, 0.3) is 34.1 Å². The molecule has 0 radical (unpaired) electrons. The smallest absolute Gasteiger partial charge is 0.268 e. The van der Waals surface area contributed by atoms with Crippen LogP contribution in [-0.4, -0.2) is 48.0 Å². The van der Waals surface area contributed by atoms with E-state index < -0.39 is 10.0 Å². The Hall–Kier alpha value is -3.48. The summed E-state index contributed by atoms with van der Waals surface area (Å²) in [4.78, 5) is 0.159. The van der Waals surface area contributed by atoms with Gasteiger partial charge in [-0.1, -0.05) is 23.8 Å². The van der Waals surface area contributed by atoms with E-state index in [4.69, 9.17) is 4.42 Å². The van der Waals surface area contributed by atoms with Crippen molar-refractivity contribution in [1.29, 1.82) is 0 Å². The van der Waals surface area contributed by atoms with Crippen molar-refractivity contribution in [2.75, 3.05) is 6.54 Å². The SMILES string of the molecule is Cc1ccc(-c2nnc(-c3nn(C)c4c3CN(S(=O)(=O)c3cccc5nsnc35)CC4)o2)cc1. The number of hydrogen-bond acceptors (Lipinski definition) is 9. The lowest BCUT2D eigenvalue weighted by molar-refractivity contribution is 0.386. The van der Waals surface area contributed by atoms with Crippen molar-refractivity contribution < 1.29 is 12.8 Å². The zero-order valence-electron chi connectivity index (χ0n) is 18.3. The molecule has 0 unspecified atom stereocenters. The third-order valence-corrected chi connectivity index (χ3v) is 8.42. The first-order valence-corrected chi connectivity index (χ1v) is 12.8. The number of rotatable bonds is 4. The van der Waals surface area contributed by atoms with Crippen LogP contribution in [0.2, 0.25) is 0 Å². The second-order valence-electron chi connectivity index (χ2n) is 8.15. The summed E-state index contributed by atoms with van der Waals surface area (Å²) in [5.41, 5.74) is 5.11. The fraction of sp³-hybridized carbons (Fsp3) is 0.227. The van der Waals surface area contributed by atoms with Crippen molar-refractivity contribution in [2.24, 2.45) is 7.05 Å². The summed E-state index contributed by atoms with van der Waals surface area (Å²) in [7, 11) is -1.96.